The van der Waals surface area contributed by atoms with Crippen molar-refractivity contribution in [2.75, 3.05) is 21.3 Å². The van der Waals surface area contributed by atoms with E-state index < -0.39 is 9.05 Å². The van der Waals surface area contributed by atoms with Crippen molar-refractivity contribution >= 4 is 9.05 Å². The summed E-state index contributed by atoms with van der Waals surface area (Å²) in [5.41, 5.74) is 0. The molecule has 0 radical (unpaired) electrons. The molecule has 78 valence electrons. The highest BCUT2D eigenvalue weighted by Gasteiger charge is 2.45. The molecule has 0 amide bonds. The summed E-state index contributed by atoms with van der Waals surface area (Å²) in [6, 6.07) is 5.31. The second-order valence-corrected chi connectivity index (χ2v) is 4.81. The average molecular weight is 215 g/mol. The van der Waals surface area contributed by atoms with Crippen LogP contribution in [0.25, 0.3) is 0 Å². The zero-order valence-corrected chi connectivity index (χ0v) is 9.39. The van der Waals surface area contributed by atoms with Crippen LogP contribution in [0.2, 0.25) is 0 Å². The van der Waals surface area contributed by atoms with E-state index in [9.17, 15) is 0 Å². The Hall–Kier alpha value is -0.953. The molecule has 1 heterocycles. The van der Waals surface area contributed by atoms with Crippen LogP contribution in [0.5, 0.6) is 5.88 Å². The fourth-order valence-electron chi connectivity index (χ4n) is 0.911. The van der Waals surface area contributed by atoms with E-state index >= 15 is 0 Å². The van der Waals surface area contributed by atoms with Gasteiger partial charge in [-0.15, -0.1) is 0 Å². The van der Waals surface area contributed by atoms with Crippen molar-refractivity contribution in [1.29, 1.82) is 0 Å². The fraction of sp³-hybridized carbons (Fsp3) is 0.375. The van der Waals surface area contributed by atoms with Crippen molar-refractivity contribution in [3.8, 4) is 5.88 Å². The molecule has 6 heteroatoms. The Kier molecular flexibility index (Phi) is 4.02. The molecule has 0 spiro atoms. The average Bonchev–Trinajstić information content (AvgIpc) is 2.28. The Morgan fingerprint density at radius 3 is 2.14 bits per heavy atom. The number of pyridine rings is 1. The molecular weight excluding hydrogens is 202 g/mol. The maximum atomic E-state index is 5.41. The molecule has 1 rings (SSSR count). The summed E-state index contributed by atoms with van der Waals surface area (Å²) >= 11 is 0. The van der Waals surface area contributed by atoms with E-state index in [4.69, 9.17) is 17.7 Å². The smallest absolute Gasteiger partial charge is 0.464 e. The van der Waals surface area contributed by atoms with E-state index in [1.165, 1.54) is 21.3 Å². The number of aromatic nitrogens is 1. The lowest BCUT2D eigenvalue weighted by atomic mass is 10.5. The Morgan fingerprint density at radius 1 is 1.07 bits per heavy atom. The topological polar surface area (TPSA) is 49.8 Å². The van der Waals surface area contributed by atoms with E-state index in [-0.39, 0.29) is 0 Å². The van der Waals surface area contributed by atoms with Crippen LogP contribution in [0.1, 0.15) is 0 Å². The van der Waals surface area contributed by atoms with Crippen LogP contribution < -0.4 is 4.43 Å². The van der Waals surface area contributed by atoms with Crippen LogP contribution >= 0.6 is 0 Å². The highest BCUT2D eigenvalue weighted by atomic mass is 28.4. The Morgan fingerprint density at radius 2 is 1.71 bits per heavy atom. The zero-order valence-electron chi connectivity index (χ0n) is 8.39. The molecule has 0 aromatic carbocycles. The van der Waals surface area contributed by atoms with Gasteiger partial charge in [-0.05, 0) is 12.1 Å². The van der Waals surface area contributed by atoms with Gasteiger partial charge in [-0.1, -0.05) is 6.07 Å². The SMILES string of the molecule is CO[Si](OC)(OC)Oc1ccccn1. The molecule has 1 aromatic rings. The van der Waals surface area contributed by atoms with Gasteiger partial charge in [0, 0.05) is 27.5 Å². The Labute approximate surface area is 84.1 Å². The molecule has 0 aliphatic rings. The fourth-order valence-corrected chi connectivity index (χ4v) is 2.04. The first kappa shape index (κ1) is 11.1. The molecule has 0 aliphatic carbocycles. The molecule has 0 saturated carbocycles. The standard InChI is InChI=1S/C8H13NO4Si/c1-10-14(11-2,12-3)13-8-6-4-5-7-9-8/h4-7H,1-3H3. The molecule has 5 nitrogen and oxygen atoms in total. The highest BCUT2D eigenvalue weighted by molar-refractivity contribution is 6.54. The van der Waals surface area contributed by atoms with E-state index in [1.807, 2.05) is 6.07 Å². The van der Waals surface area contributed by atoms with Crippen molar-refractivity contribution in [2.45, 2.75) is 0 Å². The van der Waals surface area contributed by atoms with Crippen LogP contribution in [0.15, 0.2) is 24.4 Å². The van der Waals surface area contributed by atoms with E-state index in [1.54, 1.807) is 18.3 Å². The lowest BCUT2D eigenvalue weighted by molar-refractivity contribution is 0.0494. The summed E-state index contributed by atoms with van der Waals surface area (Å²) in [4.78, 5) is 3.98. The minimum atomic E-state index is -3.02. The molecule has 0 unspecified atom stereocenters. The first-order chi connectivity index (χ1) is 6.76. The van der Waals surface area contributed by atoms with Gasteiger partial charge < -0.3 is 17.7 Å². The second kappa shape index (κ2) is 5.06. The maximum Gasteiger partial charge on any atom is 0.749 e. The number of nitrogens with zero attached hydrogens (tertiary/aromatic N) is 1. The predicted molar refractivity (Wildman–Crippen MR) is 51.6 cm³/mol. The van der Waals surface area contributed by atoms with Gasteiger partial charge in [0.2, 0.25) is 5.88 Å². The number of rotatable bonds is 5. The molecule has 1 aromatic heterocycles. The van der Waals surface area contributed by atoms with Crippen LogP contribution in [0, 0.1) is 0 Å². The molecule has 14 heavy (non-hydrogen) atoms. The Balaban J connectivity index is 2.74. The van der Waals surface area contributed by atoms with E-state index in [0.717, 1.165) is 0 Å². The summed E-state index contributed by atoms with van der Waals surface area (Å²) in [5.74, 6) is 0.421. The van der Waals surface area contributed by atoms with Gasteiger partial charge in [0.1, 0.15) is 0 Å². The summed E-state index contributed by atoms with van der Waals surface area (Å²) < 4.78 is 20.6. The maximum absolute atomic E-state index is 5.41. The predicted octanol–water partition coefficient (Wildman–Crippen LogP) is 0.835. The number of hydrogen-bond donors (Lipinski definition) is 0. The largest absolute Gasteiger partial charge is 0.749 e. The minimum Gasteiger partial charge on any atom is -0.464 e. The van der Waals surface area contributed by atoms with Gasteiger partial charge in [-0.25, -0.2) is 4.98 Å². The van der Waals surface area contributed by atoms with Crippen molar-refractivity contribution in [3.05, 3.63) is 24.4 Å². The summed E-state index contributed by atoms with van der Waals surface area (Å²) in [7, 11) is 1.40. The van der Waals surface area contributed by atoms with Crippen LogP contribution in [0.4, 0.5) is 0 Å². The van der Waals surface area contributed by atoms with Gasteiger partial charge in [-0.3, -0.25) is 0 Å². The Bertz CT molecular complexity index is 257. The molecular formula is C8H13NO4Si. The molecule has 0 atom stereocenters. The minimum absolute atomic E-state index is 0.421. The van der Waals surface area contributed by atoms with Crippen molar-refractivity contribution in [1.82, 2.24) is 4.98 Å². The second-order valence-electron chi connectivity index (χ2n) is 2.38. The lowest BCUT2D eigenvalue weighted by Crippen LogP contribution is -2.49. The van der Waals surface area contributed by atoms with E-state index in [2.05, 4.69) is 4.98 Å². The monoisotopic (exact) mass is 215 g/mol. The quantitative estimate of drug-likeness (QED) is 0.681. The molecule has 0 fully saturated rings. The molecule has 0 bridgehead atoms. The normalized spacial score (nSPS) is 11.4. The van der Waals surface area contributed by atoms with Gasteiger partial charge in [-0.2, -0.15) is 0 Å². The van der Waals surface area contributed by atoms with E-state index in [0.29, 0.717) is 5.88 Å². The molecule has 0 aliphatic heterocycles. The van der Waals surface area contributed by atoms with Crippen molar-refractivity contribution in [2.24, 2.45) is 0 Å². The van der Waals surface area contributed by atoms with Gasteiger partial charge in [0.15, 0.2) is 0 Å². The zero-order chi connectivity index (χ0) is 10.4. The summed E-state index contributed by atoms with van der Waals surface area (Å²) in [5, 5.41) is 0. The van der Waals surface area contributed by atoms with Crippen LogP contribution in [-0.2, 0) is 13.3 Å². The third kappa shape index (κ3) is 2.52. The third-order valence-corrected chi connectivity index (χ3v) is 3.58. The molecule has 0 saturated heterocycles. The highest BCUT2D eigenvalue weighted by Crippen LogP contribution is 2.13. The van der Waals surface area contributed by atoms with Crippen LogP contribution in [-0.4, -0.2) is 35.4 Å². The third-order valence-electron chi connectivity index (χ3n) is 1.62. The van der Waals surface area contributed by atoms with Crippen molar-refractivity contribution in [3.63, 3.8) is 0 Å². The van der Waals surface area contributed by atoms with Gasteiger partial charge in [0.05, 0.1) is 0 Å². The number of hydrogen-bond acceptors (Lipinski definition) is 5. The van der Waals surface area contributed by atoms with Crippen LogP contribution in [0.3, 0.4) is 0 Å². The van der Waals surface area contributed by atoms with Gasteiger partial charge in [0.25, 0.3) is 0 Å². The van der Waals surface area contributed by atoms with Gasteiger partial charge >= 0.3 is 9.05 Å². The lowest BCUT2D eigenvalue weighted by Gasteiger charge is -2.22. The molecule has 0 N–H and O–H groups in total. The first-order valence-corrected chi connectivity index (χ1v) is 5.65. The summed E-state index contributed by atoms with van der Waals surface area (Å²) in [6.45, 7) is 0. The van der Waals surface area contributed by atoms with Crippen molar-refractivity contribution < 1.29 is 17.7 Å². The summed E-state index contributed by atoms with van der Waals surface area (Å²) in [6.07, 6.45) is 1.62. The first-order valence-electron chi connectivity index (χ1n) is 4.02.